The molecule has 2 heteroatoms. The molecule has 1 aromatic rings. The van der Waals surface area contributed by atoms with Gasteiger partial charge < -0.3 is 10.1 Å². The number of hydrogen-bond acceptors (Lipinski definition) is 2. The topological polar surface area (TPSA) is 21.3 Å². The molecule has 0 saturated heterocycles. The highest BCUT2D eigenvalue weighted by Gasteiger charge is 2.29. The van der Waals surface area contributed by atoms with E-state index in [9.17, 15) is 0 Å². The molecule has 1 saturated carbocycles. The van der Waals surface area contributed by atoms with Crippen molar-refractivity contribution in [2.75, 3.05) is 7.11 Å². The van der Waals surface area contributed by atoms with Crippen LogP contribution in [0.2, 0.25) is 0 Å². The Morgan fingerprint density at radius 2 is 2.00 bits per heavy atom. The fourth-order valence-corrected chi connectivity index (χ4v) is 2.74. The van der Waals surface area contributed by atoms with E-state index in [2.05, 4.69) is 31.3 Å². The fourth-order valence-electron chi connectivity index (χ4n) is 2.74. The van der Waals surface area contributed by atoms with E-state index < -0.39 is 0 Å². The molecule has 1 aliphatic rings. The van der Waals surface area contributed by atoms with Crippen LogP contribution in [0.5, 0.6) is 5.75 Å². The first kappa shape index (κ1) is 12.4. The number of benzene rings is 1. The van der Waals surface area contributed by atoms with Gasteiger partial charge in [0.2, 0.25) is 0 Å². The van der Waals surface area contributed by atoms with Crippen molar-refractivity contribution < 1.29 is 4.74 Å². The zero-order valence-corrected chi connectivity index (χ0v) is 11.1. The quantitative estimate of drug-likeness (QED) is 0.862. The summed E-state index contributed by atoms with van der Waals surface area (Å²) in [6, 6.07) is 8.91. The maximum Gasteiger partial charge on any atom is 0.123 e. The minimum absolute atomic E-state index is 0.662. The van der Waals surface area contributed by atoms with E-state index in [1.807, 2.05) is 12.1 Å². The van der Waals surface area contributed by atoms with Crippen molar-refractivity contribution in [3.8, 4) is 5.75 Å². The summed E-state index contributed by atoms with van der Waals surface area (Å²) in [6.45, 7) is 5.62. The molecule has 0 aromatic heterocycles. The van der Waals surface area contributed by atoms with Crippen LogP contribution in [0.25, 0.3) is 0 Å². The summed E-state index contributed by atoms with van der Waals surface area (Å²) in [6.07, 6.45) is 2.66. The van der Waals surface area contributed by atoms with Crippen molar-refractivity contribution in [1.82, 2.24) is 5.32 Å². The summed E-state index contributed by atoms with van der Waals surface area (Å²) >= 11 is 0. The van der Waals surface area contributed by atoms with Gasteiger partial charge in [0.25, 0.3) is 0 Å². The molecular formula is C15H23NO. The van der Waals surface area contributed by atoms with Crippen molar-refractivity contribution in [3.63, 3.8) is 0 Å². The van der Waals surface area contributed by atoms with E-state index >= 15 is 0 Å². The van der Waals surface area contributed by atoms with Crippen LogP contribution in [0.1, 0.15) is 32.3 Å². The van der Waals surface area contributed by atoms with Crippen LogP contribution < -0.4 is 10.1 Å². The van der Waals surface area contributed by atoms with Gasteiger partial charge in [0.1, 0.15) is 5.75 Å². The minimum Gasteiger partial charge on any atom is -0.496 e. The zero-order valence-electron chi connectivity index (χ0n) is 11.1. The Morgan fingerprint density at radius 1 is 1.24 bits per heavy atom. The van der Waals surface area contributed by atoms with Crippen LogP contribution in [-0.4, -0.2) is 13.2 Å². The molecule has 3 unspecified atom stereocenters. The summed E-state index contributed by atoms with van der Waals surface area (Å²) in [5, 5.41) is 3.67. The lowest BCUT2D eigenvalue weighted by Crippen LogP contribution is -2.31. The van der Waals surface area contributed by atoms with Gasteiger partial charge in [-0.3, -0.25) is 0 Å². The smallest absolute Gasteiger partial charge is 0.123 e. The lowest BCUT2D eigenvalue weighted by atomic mass is 9.97. The van der Waals surface area contributed by atoms with Gasteiger partial charge in [-0.25, -0.2) is 0 Å². The summed E-state index contributed by atoms with van der Waals surface area (Å²) in [7, 11) is 1.74. The fraction of sp³-hybridized carbons (Fsp3) is 0.600. The van der Waals surface area contributed by atoms with Gasteiger partial charge >= 0.3 is 0 Å². The Morgan fingerprint density at radius 3 is 2.65 bits per heavy atom. The van der Waals surface area contributed by atoms with Gasteiger partial charge in [0.05, 0.1) is 7.11 Å². The number of ether oxygens (including phenoxy) is 1. The van der Waals surface area contributed by atoms with Gasteiger partial charge in [-0.2, -0.15) is 0 Å². The van der Waals surface area contributed by atoms with Gasteiger partial charge in [-0.15, -0.1) is 0 Å². The van der Waals surface area contributed by atoms with Crippen LogP contribution in [0.4, 0.5) is 0 Å². The van der Waals surface area contributed by atoms with E-state index in [0.717, 1.165) is 24.1 Å². The predicted octanol–water partition coefficient (Wildman–Crippen LogP) is 3.22. The third-order valence-corrected chi connectivity index (χ3v) is 4.21. The highest BCUT2D eigenvalue weighted by molar-refractivity contribution is 5.33. The molecule has 2 rings (SSSR count). The van der Waals surface area contributed by atoms with Gasteiger partial charge in [0.15, 0.2) is 0 Å². The van der Waals surface area contributed by atoms with Crippen molar-refractivity contribution in [2.24, 2.45) is 11.8 Å². The largest absolute Gasteiger partial charge is 0.496 e. The van der Waals surface area contributed by atoms with Crippen LogP contribution in [-0.2, 0) is 6.54 Å². The highest BCUT2D eigenvalue weighted by atomic mass is 16.5. The summed E-state index contributed by atoms with van der Waals surface area (Å²) in [4.78, 5) is 0. The molecule has 2 nitrogen and oxygen atoms in total. The van der Waals surface area contributed by atoms with E-state index in [0.29, 0.717) is 6.04 Å². The van der Waals surface area contributed by atoms with E-state index in [4.69, 9.17) is 4.74 Å². The molecule has 0 aliphatic heterocycles. The Bertz CT molecular complexity index is 364. The van der Waals surface area contributed by atoms with Crippen LogP contribution in [0.3, 0.4) is 0 Å². The van der Waals surface area contributed by atoms with Crippen molar-refractivity contribution in [2.45, 2.75) is 39.3 Å². The third-order valence-electron chi connectivity index (χ3n) is 4.21. The number of para-hydroxylation sites is 1. The Balaban J connectivity index is 1.94. The number of methoxy groups -OCH3 is 1. The first-order valence-electron chi connectivity index (χ1n) is 6.57. The molecule has 1 aromatic carbocycles. The molecule has 1 fully saturated rings. The summed E-state index contributed by atoms with van der Waals surface area (Å²) in [5.41, 5.74) is 1.25. The lowest BCUT2D eigenvalue weighted by molar-refractivity contribution is 0.364. The lowest BCUT2D eigenvalue weighted by Gasteiger charge is -2.20. The Labute approximate surface area is 104 Å². The monoisotopic (exact) mass is 233 g/mol. The molecule has 0 amide bonds. The molecule has 3 atom stereocenters. The summed E-state index contributed by atoms with van der Waals surface area (Å²) < 4.78 is 5.37. The van der Waals surface area contributed by atoms with Crippen LogP contribution >= 0.6 is 0 Å². The molecule has 0 spiro atoms. The molecule has 17 heavy (non-hydrogen) atoms. The number of rotatable bonds is 4. The highest BCUT2D eigenvalue weighted by Crippen LogP contribution is 2.31. The van der Waals surface area contributed by atoms with Crippen LogP contribution in [0, 0.1) is 11.8 Å². The normalized spacial score (nSPS) is 28.3. The first-order valence-corrected chi connectivity index (χ1v) is 6.57. The molecule has 0 bridgehead atoms. The third kappa shape index (κ3) is 2.81. The Hall–Kier alpha value is -1.02. The van der Waals surface area contributed by atoms with Gasteiger partial charge in [-0.1, -0.05) is 32.0 Å². The Kier molecular flexibility index (Phi) is 4.06. The first-order chi connectivity index (χ1) is 8.22. The SMILES string of the molecule is COc1ccccc1CNC1CCC(C)C1C. The molecular weight excluding hydrogens is 210 g/mol. The summed E-state index contributed by atoms with van der Waals surface area (Å²) in [5.74, 6) is 2.62. The predicted molar refractivity (Wildman–Crippen MR) is 71.2 cm³/mol. The van der Waals surface area contributed by atoms with Crippen molar-refractivity contribution >= 4 is 0 Å². The number of hydrogen-bond donors (Lipinski definition) is 1. The molecule has 0 radical (unpaired) electrons. The van der Waals surface area contributed by atoms with Crippen molar-refractivity contribution in [1.29, 1.82) is 0 Å². The molecule has 1 N–H and O–H groups in total. The average molecular weight is 233 g/mol. The molecule has 0 heterocycles. The molecule has 1 aliphatic carbocycles. The second-order valence-corrected chi connectivity index (χ2v) is 5.21. The second kappa shape index (κ2) is 5.54. The maximum atomic E-state index is 5.37. The zero-order chi connectivity index (χ0) is 12.3. The number of nitrogens with one attached hydrogen (secondary N) is 1. The van der Waals surface area contributed by atoms with Crippen molar-refractivity contribution in [3.05, 3.63) is 29.8 Å². The maximum absolute atomic E-state index is 5.37. The van der Waals surface area contributed by atoms with Gasteiger partial charge in [0, 0.05) is 18.2 Å². The van der Waals surface area contributed by atoms with E-state index in [1.54, 1.807) is 7.11 Å². The minimum atomic E-state index is 0.662. The van der Waals surface area contributed by atoms with E-state index in [1.165, 1.54) is 18.4 Å². The standard InChI is InChI=1S/C15H23NO/c1-11-8-9-14(12(11)2)16-10-13-6-4-5-7-15(13)17-3/h4-7,11-12,14,16H,8-10H2,1-3H3. The van der Waals surface area contributed by atoms with Gasteiger partial charge in [-0.05, 0) is 30.7 Å². The van der Waals surface area contributed by atoms with Crippen LogP contribution in [0.15, 0.2) is 24.3 Å². The average Bonchev–Trinajstić information content (AvgIpc) is 2.68. The molecule has 94 valence electrons. The van der Waals surface area contributed by atoms with E-state index in [-0.39, 0.29) is 0 Å². The second-order valence-electron chi connectivity index (χ2n) is 5.21.